The minimum atomic E-state index is -4.73. The maximum Gasteiger partial charge on any atom is 0.416 e. The molecule has 9 heteroatoms. The van der Waals surface area contributed by atoms with E-state index >= 15 is 0 Å². The molecule has 5 nitrogen and oxygen atoms in total. The van der Waals surface area contributed by atoms with Gasteiger partial charge in [0, 0.05) is 12.3 Å². The molecule has 0 aromatic heterocycles. The first-order chi connectivity index (χ1) is 16.1. The van der Waals surface area contributed by atoms with Crippen LogP contribution in [0.1, 0.15) is 28.2 Å². The number of hydrogen-bond acceptors (Lipinski definition) is 3. The summed E-state index contributed by atoms with van der Waals surface area (Å²) in [6.07, 6.45) is -6.31. The highest BCUT2D eigenvalue weighted by Gasteiger charge is 2.32. The standard InChI is InChI=1S/C25H19F4NO4/c26-21-12-15(25(27,28)29)10-9-14(21)11-22(23(31)32)30-24(33)34-13-20-18-7-3-1-5-16(18)17-6-2-4-8-19(17)20/h1-10,12,20,22H,11,13H2,(H,30,33)(H,31,32)/t22-/m1/s1. The molecular formula is C25H19F4NO4. The van der Waals surface area contributed by atoms with E-state index < -0.39 is 42.1 Å². The molecule has 0 radical (unpaired) electrons. The smallest absolute Gasteiger partial charge is 0.416 e. The summed E-state index contributed by atoms with van der Waals surface area (Å²) in [7, 11) is 0. The number of nitrogens with one attached hydrogen (secondary N) is 1. The predicted molar refractivity (Wildman–Crippen MR) is 115 cm³/mol. The van der Waals surface area contributed by atoms with Crippen LogP contribution in [0.3, 0.4) is 0 Å². The molecule has 3 aromatic rings. The van der Waals surface area contributed by atoms with Crippen molar-refractivity contribution in [1.29, 1.82) is 0 Å². The number of benzene rings is 3. The average Bonchev–Trinajstić information content (AvgIpc) is 3.11. The molecule has 0 heterocycles. The molecule has 0 spiro atoms. The fraction of sp³-hybridized carbons (Fsp3) is 0.200. The summed E-state index contributed by atoms with van der Waals surface area (Å²) >= 11 is 0. The third kappa shape index (κ3) is 4.73. The van der Waals surface area contributed by atoms with Crippen LogP contribution in [0.4, 0.5) is 22.4 Å². The van der Waals surface area contributed by atoms with E-state index in [1.807, 2.05) is 48.5 Å². The van der Waals surface area contributed by atoms with Crippen LogP contribution in [0, 0.1) is 5.82 Å². The number of rotatable bonds is 6. The first-order valence-electron chi connectivity index (χ1n) is 10.3. The topological polar surface area (TPSA) is 75.6 Å². The third-order valence-corrected chi connectivity index (χ3v) is 5.74. The fourth-order valence-electron chi connectivity index (χ4n) is 4.09. The molecular weight excluding hydrogens is 454 g/mol. The van der Waals surface area contributed by atoms with Crippen LogP contribution >= 0.6 is 0 Å². The summed E-state index contributed by atoms with van der Waals surface area (Å²) in [4.78, 5) is 24.0. The number of aliphatic carboxylic acids is 1. The molecule has 4 rings (SSSR count). The first kappa shape index (κ1) is 23.3. The van der Waals surface area contributed by atoms with Crippen molar-refractivity contribution in [2.75, 3.05) is 6.61 Å². The number of alkyl carbamates (subject to hydrolysis) is 1. The van der Waals surface area contributed by atoms with E-state index in [9.17, 15) is 32.3 Å². The number of carbonyl (C=O) groups is 2. The minimum Gasteiger partial charge on any atom is -0.480 e. The molecule has 1 amide bonds. The summed E-state index contributed by atoms with van der Waals surface area (Å²) in [6.45, 7) is -0.0547. The average molecular weight is 473 g/mol. The normalized spacial score (nSPS) is 13.6. The van der Waals surface area contributed by atoms with E-state index in [0.29, 0.717) is 12.1 Å². The Morgan fingerprint density at radius 1 is 0.971 bits per heavy atom. The molecule has 1 atom stereocenters. The van der Waals surface area contributed by atoms with E-state index in [0.717, 1.165) is 28.3 Å². The van der Waals surface area contributed by atoms with Gasteiger partial charge in [-0.25, -0.2) is 14.0 Å². The summed E-state index contributed by atoms with van der Waals surface area (Å²) < 4.78 is 57.6. The van der Waals surface area contributed by atoms with E-state index in [4.69, 9.17) is 4.74 Å². The van der Waals surface area contributed by atoms with Crippen molar-refractivity contribution in [2.45, 2.75) is 24.6 Å². The van der Waals surface area contributed by atoms with Crippen LogP contribution in [-0.4, -0.2) is 29.8 Å². The highest BCUT2D eigenvalue weighted by Crippen LogP contribution is 2.44. The number of carboxylic acids is 1. The van der Waals surface area contributed by atoms with E-state index in [-0.39, 0.29) is 18.1 Å². The van der Waals surface area contributed by atoms with Crippen molar-refractivity contribution in [3.8, 4) is 11.1 Å². The largest absolute Gasteiger partial charge is 0.480 e. The van der Waals surface area contributed by atoms with Crippen molar-refractivity contribution in [3.05, 3.63) is 94.8 Å². The third-order valence-electron chi connectivity index (χ3n) is 5.74. The second-order valence-corrected chi connectivity index (χ2v) is 7.87. The van der Waals surface area contributed by atoms with Gasteiger partial charge in [0.25, 0.3) is 0 Å². The highest BCUT2D eigenvalue weighted by atomic mass is 19.4. The van der Waals surface area contributed by atoms with E-state index in [1.165, 1.54) is 0 Å². The SMILES string of the molecule is O=C(N[C@H](Cc1ccc(C(F)(F)F)cc1F)C(=O)O)OCC1c2ccccc2-c2ccccc21. The lowest BCUT2D eigenvalue weighted by Gasteiger charge is -2.18. The van der Waals surface area contributed by atoms with Crippen molar-refractivity contribution in [2.24, 2.45) is 0 Å². The van der Waals surface area contributed by atoms with E-state index in [1.54, 1.807) is 0 Å². The molecule has 0 saturated heterocycles. The van der Waals surface area contributed by atoms with Gasteiger partial charge in [-0.15, -0.1) is 0 Å². The van der Waals surface area contributed by atoms with Gasteiger partial charge in [-0.3, -0.25) is 0 Å². The number of alkyl halides is 3. The Morgan fingerprint density at radius 2 is 1.56 bits per heavy atom. The quantitative estimate of drug-likeness (QED) is 0.472. The summed E-state index contributed by atoms with van der Waals surface area (Å²) in [5, 5.41) is 11.6. The number of carboxylic acid groups (broad SMARTS) is 1. The maximum absolute atomic E-state index is 14.1. The van der Waals surface area contributed by atoms with Crippen LogP contribution in [0.15, 0.2) is 66.7 Å². The van der Waals surface area contributed by atoms with Crippen LogP contribution in [-0.2, 0) is 22.1 Å². The second kappa shape index (κ2) is 9.17. The number of fused-ring (bicyclic) bond motifs is 3. The van der Waals surface area contributed by atoms with Crippen molar-refractivity contribution in [1.82, 2.24) is 5.32 Å². The molecule has 3 aromatic carbocycles. The number of ether oxygens (including phenoxy) is 1. The Bertz CT molecular complexity index is 1200. The summed E-state index contributed by atoms with van der Waals surface area (Å²) in [5.74, 6) is -2.93. The lowest BCUT2D eigenvalue weighted by atomic mass is 9.98. The summed E-state index contributed by atoms with van der Waals surface area (Å²) in [6, 6.07) is 15.5. The number of halogens is 4. The zero-order valence-corrected chi connectivity index (χ0v) is 17.6. The van der Waals surface area contributed by atoms with Crippen molar-refractivity contribution < 1.29 is 37.0 Å². The number of amides is 1. The van der Waals surface area contributed by atoms with Crippen LogP contribution in [0.2, 0.25) is 0 Å². The monoisotopic (exact) mass is 473 g/mol. The highest BCUT2D eigenvalue weighted by molar-refractivity contribution is 5.81. The molecule has 0 fully saturated rings. The van der Waals surface area contributed by atoms with Gasteiger partial charge in [0.15, 0.2) is 0 Å². The zero-order chi connectivity index (χ0) is 24.5. The summed E-state index contributed by atoms with van der Waals surface area (Å²) in [5.41, 5.74) is 2.52. The maximum atomic E-state index is 14.1. The van der Waals surface area contributed by atoms with Gasteiger partial charge in [0.05, 0.1) is 5.56 Å². The van der Waals surface area contributed by atoms with Gasteiger partial charge >= 0.3 is 18.2 Å². The van der Waals surface area contributed by atoms with Crippen LogP contribution in [0.25, 0.3) is 11.1 Å². The first-order valence-corrected chi connectivity index (χ1v) is 10.3. The van der Waals surface area contributed by atoms with Gasteiger partial charge in [-0.2, -0.15) is 13.2 Å². The molecule has 1 aliphatic rings. The van der Waals surface area contributed by atoms with Gasteiger partial charge < -0.3 is 15.2 Å². The molecule has 0 aliphatic heterocycles. The van der Waals surface area contributed by atoms with E-state index in [2.05, 4.69) is 5.32 Å². The minimum absolute atomic E-state index is 0.0547. The Balaban J connectivity index is 1.43. The van der Waals surface area contributed by atoms with Crippen molar-refractivity contribution in [3.63, 3.8) is 0 Å². The Hall–Kier alpha value is -3.88. The Morgan fingerprint density at radius 3 is 2.09 bits per heavy atom. The van der Waals surface area contributed by atoms with Crippen molar-refractivity contribution >= 4 is 12.1 Å². The molecule has 0 unspecified atom stereocenters. The molecule has 0 bridgehead atoms. The van der Waals surface area contributed by atoms with Crippen LogP contribution in [0.5, 0.6) is 0 Å². The Labute approximate surface area is 192 Å². The predicted octanol–water partition coefficient (Wildman–Crippen LogP) is 5.38. The number of hydrogen-bond donors (Lipinski definition) is 2. The van der Waals surface area contributed by atoms with Gasteiger partial charge in [-0.1, -0.05) is 54.6 Å². The van der Waals surface area contributed by atoms with Gasteiger partial charge in [0.2, 0.25) is 0 Å². The molecule has 0 saturated carbocycles. The zero-order valence-electron chi connectivity index (χ0n) is 17.6. The van der Waals surface area contributed by atoms with Gasteiger partial charge in [-0.05, 0) is 39.9 Å². The molecule has 2 N–H and O–H groups in total. The second-order valence-electron chi connectivity index (χ2n) is 7.87. The lowest BCUT2D eigenvalue weighted by molar-refractivity contribution is -0.139. The lowest BCUT2D eigenvalue weighted by Crippen LogP contribution is -2.43. The molecule has 176 valence electrons. The fourth-order valence-corrected chi connectivity index (χ4v) is 4.09. The van der Waals surface area contributed by atoms with Gasteiger partial charge in [0.1, 0.15) is 18.5 Å². The van der Waals surface area contributed by atoms with Crippen LogP contribution < -0.4 is 5.32 Å². The molecule has 34 heavy (non-hydrogen) atoms. The Kier molecular flexibility index (Phi) is 6.28. The number of carbonyl (C=O) groups excluding carboxylic acids is 1. The molecule has 1 aliphatic carbocycles.